The highest BCUT2D eigenvalue weighted by Crippen LogP contribution is 2.31. The Balaban J connectivity index is 1.62. The lowest BCUT2D eigenvalue weighted by Gasteiger charge is -2.20. The number of benzene rings is 2. The van der Waals surface area contributed by atoms with Gasteiger partial charge in [0.1, 0.15) is 0 Å². The third kappa shape index (κ3) is 4.08. The van der Waals surface area contributed by atoms with Crippen molar-refractivity contribution < 1.29 is 4.79 Å². The third-order valence-electron chi connectivity index (χ3n) is 4.47. The molecule has 2 heterocycles. The Kier molecular flexibility index (Phi) is 5.41. The summed E-state index contributed by atoms with van der Waals surface area (Å²) in [6, 6.07) is 13.2. The molecule has 2 aromatic heterocycles. The van der Waals surface area contributed by atoms with E-state index in [4.69, 9.17) is 11.6 Å². The third-order valence-corrected chi connectivity index (χ3v) is 5.75. The van der Waals surface area contributed by atoms with Crippen molar-refractivity contribution in [3.8, 4) is 0 Å². The maximum Gasteiger partial charge on any atom is 0.260 e. The lowest BCUT2D eigenvalue weighted by molar-refractivity contribution is 0.0986. The van der Waals surface area contributed by atoms with Crippen LogP contribution in [0.25, 0.3) is 10.2 Å². The van der Waals surface area contributed by atoms with Crippen molar-refractivity contribution in [1.29, 1.82) is 0 Å². The van der Waals surface area contributed by atoms with E-state index in [-0.39, 0.29) is 5.91 Å². The highest BCUT2D eigenvalue weighted by atomic mass is 35.5. The highest BCUT2D eigenvalue weighted by Gasteiger charge is 2.21. The molecule has 1 amide bonds. The van der Waals surface area contributed by atoms with E-state index in [2.05, 4.69) is 9.97 Å². The summed E-state index contributed by atoms with van der Waals surface area (Å²) >= 11 is 7.60. The van der Waals surface area contributed by atoms with Crippen molar-refractivity contribution in [3.05, 3.63) is 77.3 Å². The number of aryl methyl sites for hydroxylation is 2. The van der Waals surface area contributed by atoms with E-state index in [1.165, 1.54) is 11.3 Å². The first kappa shape index (κ1) is 18.7. The topological polar surface area (TPSA) is 51.0 Å². The summed E-state index contributed by atoms with van der Waals surface area (Å²) in [4.78, 5) is 23.7. The van der Waals surface area contributed by atoms with E-state index in [9.17, 15) is 4.79 Å². The largest absolute Gasteiger partial charge is 0.337 e. The van der Waals surface area contributed by atoms with Gasteiger partial charge in [0, 0.05) is 36.1 Å². The number of nitrogens with zero attached hydrogens (tertiary/aromatic N) is 4. The lowest BCUT2D eigenvalue weighted by atomic mass is 10.1. The number of rotatable bonds is 6. The molecule has 4 aromatic rings. The number of fused-ring (bicyclic) bond motifs is 1. The molecule has 0 aliphatic heterocycles. The molecule has 0 bridgehead atoms. The van der Waals surface area contributed by atoms with Crippen LogP contribution in [0.2, 0.25) is 5.02 Å². The SMILES string of the molecule is Cc1ccc(C(=O)N(CCCn2ccnc2)c2nc3ccc(Cl)cc3s2)cc1. The fourth-order valence-electron chi connectivity index (χ4n) is 2.97. The maximum atomic E-state index is 13.2. The Labute approximate surface area is 172 Å². The minimum atomic E-state index is -0.0456. The summed E-state index contributed by atoms with van der Waals surface area (Å²) in [6.45, 7) is 3.36. The van der Waals surface area contributed by atoms with Gasteiger partial charge in [-0.15, -0.1) is 0 Å². The molecule has 0 unspecified atom stereocenters. The number of carbonyl (C=O) groups is 1. The van der Waals surface area contributed by atoms with Gasteiger partial charge in [-0.05, 0) is 43.7 Å². The lowest BCUT2D eigenvalue weighted by Crippen LogP contribution is -2.32. The molecule has 0 aliphatic carbocycles. The van der Waals surface area contributed by atoms with Crippen LogP contribution >= 0.6 is 22.9 Å². The van der Waals surface area contributed by atoms with Crippen LogP contribution in [-0.2, 0) is 6.54 Å². The maximum absolute atomic E-state index is 13.2. The Morgan fingerprint density at radius 1 is 1.21 bits per heavy atom. The monoisotopic (exact) mass is 410 g/mol. The van der Waals surface area contributed by atoms with E-state index in [1.54, 1.807) is 17.4 Å². The second kappa shape index (κ2) is 8.12. The van der Waals surface area contributed by atoms with Crippen molar-refractivity contribution in [3.63, 3.8) is 0 Å². The van der Waals surface area contributed by atoms with Gasteiger partial charge < -0.3 is 4.57 Å². The van der Waals surface area contributed by atoms with Crippen LogP contribution in [0.15, 0.2) is 61.2 Å². The second-order valence-electron chi connectivity index (χ2n) is 6.59. The number of amides is 1. The van der Waals surface area contributed by atoms with Crippen molar-refractivity contribution >= 4 is 44.2 Å². The number of anilines is 1. The zero-order valence-electron chi connectivity index (χ0n) is 15.4. The molecule has 0 aliphatic rings. The number of aromatic nitrogens is 3. The normalized spacial score (nSPS) is 11.1. The Hall–Kier alpha value is -2.70. The van der Waals surface area contributed by atoms with Crippen LogP contribution in [-0.4, -0.2) is 27.0 Å². The van der Waals surface area contributed by atoms with Crippen LogP contribution in [0.1, 0.15) is 22.3 Å². The molecule has 7 heteroatoms. The van der Waals surface area contributed by atoms with Crippen LogP contribution in [0, 0.1) is 6.92 Å². The average molecular weight is 411 g/mol. The molecular formula is C21H19ClN4OS. The minimum Gasteiger partial charge on any atom is -0.337 e. The van der Waals surface area contributed by atoms with Crippen molar-refractivity contribution in [1.82, 2.24) is 14.5 Å². The van der Waals surface area contributed by atoms with Crippen LogP contribution in [0.4, 0.5) is 5.13 Å². The van der Waals surface area contributed by atoms with Gasteiger partial charge >= 0.3 is 0 Å². The quantitative estimate of drug-likeness (QED) is 0.439. The number of halogens is 1. The summed E-state index contributed by atoms with van der Waals surface area (Å²) in [7, 11) is 0. The van der Waals surface area contributed by atoms with E-state index < -0.39 is 0 Å². The van der Waals surface area contributed by atoms with Gasteiger partial charge in [0.15, 0.2) is 5.13 Å². The number of thiazole rings is 1. The van der Waals surface area contributed by atoms with Gasteiger partial charge in [-0.1, -0.05) is 40.6 Å². The molecule has 5 nitrogen and oxygen atoms in total. The predicted molar refractivity (Wildman–Crippen MR) is 114 cm³/mol. The summed E-state index contributed by atoms with van der Waals surface area (Å²) in [5, 5.41) is 1.35. The minimum absolute atomic E-state index is 0.0456. The van der Waals surface area contributed by atoms with Crippen molar-refractivity contribution in [2.24, 2.45) is 0 Å². The fraction of sp³-hybridized carbons (Fsp3) is 0.190. The van der Waals surface area contributed by atoms with Gasteiger partial charge in [0.2, 0.25) is 0 Å². The Morgan fingerprint density at radius 2 is 2.04 bits per heavy atom. The van der Waals surface area contributed by atoms with Gasteiger partial charge in [0.05, 0.1) is 16.5 Å². The van der Waals surface area contributed by atoms with E-state index >= 15 is 0 Å². The zero-order chi connectivity index (χ0) is 19.5. The second-order valence-corrected chi connectivity index (χ2v) is 8.03. The Morgan fingerprint density at radius 3 is 2.79 bits per heavy atom. The predicted octanol–water partition coefficient (Wildman–Crippen LogP) is 5.19. The van der Waals surface area contributed by atoms with E-state index in [1.807, 2.05) is 60.2 Å². The molecule has 0 radical (unpaired) electrons. The van der Waals surface area contributed by atoms with Crippen LogP contribution < -0.4 is 4.90 Å². The average Bonchev–Trinajstić information content (AvgIpc) is 3.34. The van der Waals surface area contributed by atoms with E-state index in [0.717, 1.165) is 28.7 Å². The number of hydrogen-bond donors (Lipinski definition) is 0. The first-order valence-corrected chi connectivity index (χ1v) is 10.2. The van der Waals surface area contributed by atoms with Crippen molar-refractivity contribution in [2.75, 3.05) is 11.4 Å². The molecule has 28 heavy (non-hydrogen) atoms. The van der Waals surface area contributed by atoms with Crippen LogP contribution in [0.3, 0.4) is 0 Å². The summed E-state index contributed by atoms with van der Waals surface area (Å²) < 4.78 is 2.98. The van der Waals surface area contributed by atoms with Gasteiger partial charge in [0.25, 0.3) is 5.91 Å². The fourth-order valence-corrected chi connectivity index (χ4v) is 4.23. The van der Waals surface area contributed by atoms with E-state index in [0.29, 0.717) is 22.3 Å². The number of imidazole rings is 1. The van der Waals surface area contributed by atoms with Gasteiger partial charge in [-0.2, -0.15) is 0 Å². The summed E-state index contributed by atoms with van der Waals surface area (Å²) in [5.41, 5.74) is 2.63. The molecular weight excluding hydrogens is 392 g/mol. The smallest absolute Gasteiger partial charge is 0.260 e. The van der Waals surface area contributed by atoms with Gasteiger partial charge in [-0.25, -0.2) is 9.97 Å². The molecule has 142 valence electrons. The summed E-state index contributed by atoms with van der Waals surface area (Å²) in [6.07, 6.45) is 6.26. The van der Waals surface area contributed by atoms with Crippen molar-refractivity contribution in [2.45, 2.75) is 19.9 Å². The molecule has 0 atom stereocenters. The summed E-state index contributed by atoms with van der Waals surface area (Å²) in [5.74, 6) is -0.0456. The van der Waals surface area contributed by atoms with Crippen LogP contribution in [0.5, 0.6) is 0 Å². The molecule has 4 rings (SSSR count). The number of carbonyl (C=O) groups excluding carboxylic acids is 1. The van der Waals surface area contributed by atoms with Gasteiger partial charge in [-0.3, -0.25) is 9.69 Å². The first-order chi connectivity index (χ1) is 13.6. The standard InChI is InChI=1S/C21H19ClN4OS/c1-15-3-5-16(6-4-15)20(27)26(11-2-10-25-12-9-23-14-25)21-24-18-8-7-17(22)13-19(18)28-21/h3-9,12-14H,2,10-11H2,1H3. The zero-order valence-corrected chi connectivity index (χ0v) is 17.0. The molecule has 0 fully saturated rings. The number of hydrogen-bond acceptors (Lipinski definition) is 4. The molecule has 0 spiro atoms. The first-order valence-electron chi connectivity index (χ1n) is 9.00. The molecule has 0 saturated heterocycles. The molecule has 0 N–H and O–H groups in total. The highest BCUT2D eigenvalue weighted by molar-refractivity contribution is 7.22. The Bertz CT molecular complexity index is 1090. The molecule has 2 aromatic carbocycles. The molecule has 0 saturated carbocycles.